The molecule has 2 aliphatic rings. The molecule has 1 N–H and O–H groups in total. The van der Waals surface area contributed by atoms with Gasteiger partial charge in [0.25, 0.3) is 5.56 Å². The molecular formula is C31H39N7O. The number of pyridine rings is 1. The average Bonchev–Trinajstić information content (AvgIpc) is 3.44. The van der Waals surface area contributed by atoms with Gasteiger partial charge in [-0.15, -0.1) is 5.10 Å². The first-order valence-electron chi connectivity index (χ1n) is 14.5. The number of tetrazole rings is 1. The molecule has 2 fully saturated rings. The molecule has 0 amide bonds. The Balaban J connectivity index is 1.34. The van der Waals surface area contributed by atoms with Crippen LogP contribution in [-0.4, -0.2) is 67.2 Å². The molecule has 4 aromatic rings. The van der Waals surface area contributed by atoms with Gasteiger partial charge in [0.05, 0.1) is 5.52 Å². The maximum Gasteiger partial charge on any atom is 0.253 e. The lowest BCUT2D eigenvalue weighted by Gasteiger charge is -2.43. The Hall–Kier alpha value is -3.36. The van der Waals surface area contributed by atoms with Gasteiger partial charge in [-0.25, -0.2) is 4.68 Å². The Morgan fingerprint density at radius 2 is 1.74 bits per heavy atom. The van der Waals surface area contributed by atoms with Crippen molar-refractivity contribution in [2.75, 3.05) is 26.2 Å². The van der Waals surface area contributed by atoms with Crippen molar-refractivity contribution in [2.45, 2.75) is 71.0 Å². The van der Waals surface area contributed by atoms with Gasteiger partial charge in [-0.05, 0) is 71.7 Å². The van der Waals surface area contributed by atoms with Crippen molar-refractivity contribution in [1.29, 1.82) is 0 Å². The Morgan fingerprint density at radius 1 is 0.974 bits per heavy atom. The van der Waals surface area contributed by atoms with Gasteiger partial charge in [0, 0.05) is 44.3 Å². The van der Waals surface area contributed by atoms with Crippen molar-refractivity contribution in [1.82, 2.24) is 35.0 Å². The predicted molar refractivity (Wildman–Crippen MR) is 154 cm³/mol. The van der Waals surface area contributed by atoms with Gasteiger partial charge in [-0.2, -0.15) is 0 Å². The van der Waals surface area contributed by atoms with Crippen LogP contribution in [-0.2, 0) is 13.0 Å². The summed E-state index contributed by atoms with van der Waals surface area (Å²) in [5, 5.41) is 14.1. The van der Waals surface area contributed by atoms with Gasteiger partial charge in [0.1, 0.15) is 6.04 Å². The molecule has 2 aromatic carbocycles. The van der Waals surface area contributed by atoms with Crippen LogP contribution in [0.4, 0.5) is 0 Å². The molecular weight excluding hydrogens is 486 g/mol. The number of nitrogens with one attached hydrogen (secondary N) is 1. The fraction of sp³-hybridized carbons (Fsp3) is 0.484. The van der Waals surface area contributed by atoms with Crippen LogP contribution >= 0.6 is 0 Å². The zero-order chi connectivity index (χ0) is 26.8. The number of piperazine rings is 1. The van der Waals surface area contributed by atoms with E-state index >= 15 is 0 Å². The minimum Gasteiger partial charge on any atom is -0.321 e. The number of aromatic nitrogens is 5. The molecule has 3 heterocycles. The van der Waals surface area contributed by atoms with Crippen LogP contribution in [0.15, 0.2) is 53.3 Å². The molecule has 1 aliphatic carbocycles. The predicted octanol–water partition coefficient (Wildman–Crippen LogP) is 4.41. The van der Waals surface area contributed by atoms with E-state index in [2.05, 4.69) is 86.6 Å². The van der Waals surface area contributed by atoms with E-state index in [1.54, 1.807) is 0 Å². The van der Waals surface area contributed by atoms with Gasteiger partial charge in [-0.1, -0.05) is 61.7 Å². The molecule has 0 radical (unpaired) electrons. The van der Waals surface area contributed by atoms with E-state index in [9.17, 15) is 4.79 Å². The van der Waals surface area contributed by atoms with Crippen molar-refractivity contribution >= 4 is 10.9 Å². The van der Waals surface area contributed by atoms with E-state index in [4.69, 9.17) is 0 Å². The van der Waals surface area contributed by atoms with E-state index in [0.717, 1.165) is 54.9 Å². The lowest BCUT2D eigenvalue weighted by molar-refractivity contribution is 0.0617. The van der Waals surface area contributed by atoms with Crippen molar-refractivity contribution in [3.8, 4) is 0 Å². The molecule has 6 rings (SSSR count). The fourth-order valence-corrected chi connectivity index (χ4v) is 6.50. The van der Waals surface area contributed by atoms with Crippen LogP contribution < -0.4 is 5.56 Å². The van der Waals surface area contributed by atoms with Crippen LogP contribution in [0.5, 0.6) is 0 Å². The Morgan fingerprint density at radius 3 is 2.51 bits per heavy atom. The highest BCUT2D eigenvalue weighted by atomic mass is 16.1. The first kappa shape index (κ1) is 25.9. The molecule has 0 spiro atoms. The standard InChI is InChI=1S/C31H39N7O/c1-22-13-14-25-21-27(31(39)32-28(25)23(22)2)29(37-19-17-36(18-20-37)26-11-7-4-8-12-26)30-33-34-35-38(30)16-15-24-9-5-3-6-10-24/h3,5-6,9-10,13-14,21,26,29H,4,7-8,11-12,15-20H2,1-2H3,(H,32,39). The van der Waals surface area contributed by atoms with E-state index in [1.165, 1.54) is 43.2 Å². The number of rotatable bonds is 7. The molecule has 1 aliphatic heterocycles. The second kappa shape index (κ2) is 11.4. The molecule has 204 valence electrons. The highest BCUT2D eigenvalue weighted by molar-refractivity contribution is 5.83. The smallest absolute Gasteiger partial charge is 0.253 e. The maximum absolute atomic E-state index is 13.7. The lowest BCUT2D eigenvalue weighted by Crippen LogP contribution is -2.52. The third kappa shape index (κ3) is 5.40. The quantitative estimate of drug-likeness (QED) is 0.385. The second-order valence-electron chi connectivity index (χ2n) is 11.3. The van der Waals surface area contributed by atoms with E-state index in [-0.39, 0.29) is 11.6 Å². The number of aryl methyl sites for hydroxylation is 4. The summed E-state index contributed by atoms with van der Waals surface area (Å²) >= 11 is 0. The van der Waals surface area contributed by atoms with Crippen LogP contribution in [0, 0.1) is 13.8 Å². The van der Waals surface area contributed by atoms with E-state index < -0.39 is 0 Å². The van der Waals surface area contributed by atoms with Gasteiger partial charge in [-0.3, -0.25) is 14.6 Å². The molecule has 1 atom stereocenters. The Kier molecular flexibility index (Phi) is 7.57. The molecule has 39 heavy (non-hydrogen) atoms. The van der Waals surface area contributed by atoms with Crippen molar-refractivity contribution in [2.24, 2.45) is 0 Å². The molecule has 1 saturated heterocycles. The number of H-pyrrole nitrogens is 1. The summed E-state index contributed by atoms with van der Waals surface area (Å²) in [4.78, 5) is 22.0. The van der Waals surface area contributed by atoms with Crippen LogP contribution in [0.25, 0.3) is 10.9 Å². The normalized spacial score (nSPS) is 18.5. The maximum atomic E-state index is 13.7. The van der Waals surface area contributed by atoms with E-state index in [0.29, 0.717) is 18.2 Å². The third-order valence-electron chi connectivity index (χ3n) is 8.94. The molecule has 1 unspecified atom stereocenters. The number of benzene rings is 2. The fourth-order valence-electron chi connectivity index (χ4n) is 6.50. The molecule has 1 saturated carbocycles. The largest absolute Gasteiger partial charge is 0.321 e. The molecule has 0 bridgehead atoms. The van der Waals surface area contributed by atoms with Crippen molar-refractivity contribution < 1.29 is 0 Å². The number of hydrogen-bond donors (Lipinski definition) is 1. The number of fused-ring (bicyclic) bond motifs is 1. The second-order valence-corrected chi connectivity index (χ2v) is 11.3. The summed E-state index contributed by atoms with van der Waals surface area (Å²) in [5.74, 6) is 0.741. The van der Waals surface area contributed by atoms with Crippen molar-refractivity contribution in [3.63, 3.8) is 0 Å². The zero-order valence-corrected chi connectivity index (χ0v) is 23.1. The van der Waals surface area contributed by atoms with Crippen LogP contribution in [0.3, 0.4) is 0 Å². The summed E-state index contributed by atoms with van der Waals surface area (Å²) in [6, 6.07) is 17.1. The summed E-state index contributed by atoms with van der Waals surface area (Å²) in [6.07, 6.45) is 7.50. The summed E-state index contributed by atoms with van der Waals surface area (Å²) < 4.78 is 1.90. The molecule has 8 heteroatoms. The minimum atomic E-state index is -0.306. The van der Waals surface area contributed by atoms with Gasteiger partial charge in [0.15, 0.2) is 5.82 Å². The summed E-state index contributed by atoms with van der Waals surface area (Å²) in [5.41, 5.74) is 5.09. The first-order valence-corrected chi connectivity index (χ1v) is 14.5. The Bertz CT molecular complexity index is 1460. The average molecular weight is 526 g/mol. The lowest BCUT2D eigenvalue weighted by atomic mass is 9.93. The molecule has 2 aromatic heterocycles. The minimum absolute atomic E-state index is 0.0616. The van der Waals surface area contributed by atoms with E-state index in [1.807, 2.05) is 10.7 Å². The SMILES string of the molecule is Cc1ccc2cc(C(c3nnnn3CCc3ccccc3)N3CCN(C4CCCCC4)CC3)c(=O)[nH]c2c1C. The van der Waals surface area contributed by atoms with Gasteiger partial charge < -0.3 is 4.98 Å². The summed E-state index contributed by atoms with van der Waals surface area (Å²) in [7, 11) is 0. The van der Waals surface area contributed by atoms with Crippen LogP contribution in [0.1, 0.15) is 66.2 Å². The number of aromatic amines is 1. The molecule has 8 nitrogen and oxygen atoms in total. The van der Waals surface area contributed by atoms with Crippen molar-refractivity contribution in [3.05, 3.63) is 87.0 Å². The first-order chi connectivity index (χ1) is 19.1. The highest BCUT2D eigenvalue weighted by Gasteiger charge is 2.34. The number of nitrogens with zero attached hydrogens (tertiary/aromatic N) is 6. The van der Waals surface area contributed by atoms with Crippen LogP contribution in [0.2, 0.25) is 0 Å². The monoisotopic (exact) mass is 525 g/mol. The summed E-state index contributed by atoms with van der Waals surface area (Å²) in [6.45, 7) is 8.60. The topological polar surface area (TPSA) is 82.9 Å². The number of hydrogen-bond acceptors (Lipinski definition) is 6. The Labute approximate surface area is 230 Å². The zero-order valence-electron chi connectivity index (χ0n) is 23.1. The van der Waals surface area contributed by atoms with Gasteiger partial charge >= 0.3 is 0 Å². The third-order valence-corrected chi connectivity index (χ3v) is 8.94. The van der Waals surface area contributed by atoms with Gasteiger partial charge in [0.2, 0.25) is 0 Å². The highest BCUT2D eigenvalue weighted by Crippen LogP contribution is 2.30.